The summed E-state index contributed by atoms with van der Waals surface area (Å²) in [5.41, 5.74) is -0.163. The highest BCUT2D eigenvalue weighted by molar-refractivity contribution is 5.86. The molecule has 0 bridgehead atoms. The molecule has 0 fully saturated rings. The SMILES string of the molecule is CCCCCCCC(=O)OCC(Cn1cc(CCC(=O)C(C)(C)OCCCC)nn1)OC(=O)CCCCCCC. The fraction of sp³-hybridized carbons (Fsp3) is 0.839. The molecule has 0 aliphatic heterocycles. The molecule has 0 spiro atoms. The molecule has 1 aromatic rings. The number of aromatic nitrogens is 3. The van der Waals surface area contributed by atoms with E-state index in [0.717, 1.165) is 70.6 Å². The number of ketones is 1. The van der Waals surface area contributed by atoms with E-state index in [1.54, 1.807) is 24.7 Å². The lowest BCUT2D eigenvalue weighted by Gasteiger charge is -2.23. The molecule has 1 atom stereocenters. The number of rotatable bonds is 25. The van der Waals surface area contributed by atoms with Crippen molar-refractivity contribution in [2.45, 2.75) is 156 Å². The van der Waals surface area contributed by atoms with Crippen LogP contribution in [0.25, 0.3) is 0 Å². The van der Waals surface area contributed by atoms with Crippen LogP contribution < -0.4 is 0 Å². The minimum Gasteiger partial charge on any atom is -0.462 e. The summed E-state index contributed by atoms with van der Waals surface area (Å²) in [6.45, 7) is 10.8. The minimum absolute atomic E-state index is 0.0190. The van der Waals surface area contributed by atoms with E-state index in [1.807, 2.05) is 0 Å². The Balaban J connectivity index is 2.64. The maximum atomic E-state index is 12.7. The number of aryl methyl sites for hydroxylation is 1. The van der Waals surface area contributed by atoms with Gasteiger partial charge in [-0.15, -0.1) is 5.10 Å². The van der Waals surface area contributed by atoms with Gasteiger partial charge >= 0.3 is 11.9 Å². The molecule has 1 heterocycles. The van der Waals surface area contributed by atoms with Crippen molar-refractivity contribution >= 4 is 17.7 Å². The normalized spacial score (nSPS) is 12.3. The van der Waals surface area contributed by atoms with Gasteiger partial charge in [-0.1, -0.05) is 83.8 Å². The van der Waals surface area contributed by atoms with Gasteiger partial charge in [-0.3, -0.25) is 14.4 Å². The molecule has 0 radical (unpaired) electrons. The van der Waals surface area contributed by atoms with Crippen molar-refractivity contribution in [3.63, 3.8) is 0 Å². The average Bonchev–Trinajstić information content (AvgIpc) is 3.37. The number of esters is 2. The maximum Gasteiger partial charge on any atom is 0.306 e. The molecule has 0 aliphatic carbocycles. The zero-order valence-corrected chi connectivity index (χ0v) is 25.9. The first-order chi connectivity index (χ1) is 19.2. The van der Waals surface area contributed by atoms with Crippen molar-refractivity contribution in [1.29, 1.82) is 0 Å². The van der Waals surface area contributed by atoms with Gasteiger partial charge in [0, 0.05) is 38.5 Å². The summed E-state index contributed by atoms with van der Waals surface area (Å²) < 4.78 is 18.5. The summed E-state index contributed by atoms with van der Waals surface area (Å²) in [5.74, 6) is -0.558. The van der Waals surface area contributed by atoms with Crippen molar-refractivity contribution in [1.82, 2.24) is 15.0 Å². The highest BCUT2D eigenvalue weighted by Crippen LogP contribution is 2.16. The Morgan fingerprint density at radius 3 is 2.05 bits per heavy atom. The first-order valence-electron chi connectivity index (χ1n) is 15.6. The van der Waals surface area contributed by atoms with E-state index in [-0.39, 0.29) is 30.9 Å². The fourth-order valence-corrected chi connectivity index (χ4v) is 4.22. The molecule has 230 valence electrons. The van der Waals surface area contributed by atoms with E-state index in [2.05, 4.69) is 31.1 Å². The lowest BCUT2D eigenvalue weighted by atomic mass is 9.98. The average molecular weight is 566 g/mol. The van der Waals surface area contributed by atoms with Crippen molar-refractivity contribution in [2.75, 3.05) is 13.2 Å². The van der Waals surface area contributed by atoms with Crippen LogP contribution in [0.3, 0.4) is 0 Å². The third-order valence-electron chi connectivity index (χ3n) is 6.91. The Morgan fingerprint density at radius 1 is 0.825 bits per heavy atom. The summed E-state index contributed by atoms with van der Waals surface area (Å²) in [6, 6.07) is 0. The number of hydrogen-bond donors (Lipinski definition) is 0. The molecule has 0 aliphatic rings. The molecule has 1 unspecified atom stereocenters. The van der Waals surface area contributed by atoms with Gasteiger partial charge < -0.3 is 14.2 Å². The van der Waals surface area contributed by atoms with Crippen molar-refractivity contribution < 1.29 is 28.6 Å². The second-order valence-corrected chi connectivity index (χ2v) is 11.2. The zero-order chi connectivity index (χ0) is 29.6. The number of hydrogen-bond acceptors (Lipinski definition) is 8. The molecule has 9 heteroatoms. The third-order valence-corrected chi connectivity index (χ3v) is 6.91. The van der Waals surface area contributed by atoms with Crippen LogP contribution in [0.15, 0.2) is 6.20 Å². The van der Waals surface area contributed by atoms with Crippen molar-refractivity contribution in [3.8, 4) is 0 Å². The predicted octanol–water partition coefficient (Wildman–Crippen LogP) is 6.55. The summed E-state index contributed by atoms with van der Waals surface area (Å²) in [7, 11) is 0. The molecule has 1 aromatic heterocycles. The summed E-state index contributed by atoms with van der Waals surface area (Å²) in [5, 5.41) is 8.35. The van der Waals surface area contributed by atoms with E-state index >= 15 is 0 Å². The van der Waals surface area contributed by atoms with Gasteiger partial charge in [-0.25, -0.2) is 4.68 Å². The van der Waals surface area contributed by atoms with Crippen LogP contribution in [-0.4, -0.2) is 57.6 Å². The Bertz CT molecular complexity index is 839. The van der Waals surface area contributed by atoms with Crippen LogP contribution in [0.1, 0.15) is 137 Å². The highest BCUT2D eigenvalue weighted by atomic mass is 16.6. The Hall–Kier alpha value is -2.29. The molecule has 9 nitrogen and oxygen atoms in total. The van der Waals surface area contributed by atoms with E-state index in [0.29, 0.717) is 38.0 Å². The number of carbonyl (C=O) groups is 3. The van der Waals surface area contributed by atoms with Gasteiger partial charge in [0.1, 0.15) is 12.2 Å². The Morgan fingerprint density at radius 2 is 1.43 bits per heavy atom. The van der Waals surface area contributed by atoms with Crippen LogP contribution in [0.5, 0.6) is 0 Å². The lowest BCUT2D eigenvalue weighted by Crippen LogP contribution is -2.35. The lowest BCUT2D eigenvalue weighted by molar-refractivity contribution is -0.160. The van der Waals surface area contributed by atoms with E-state index in [9.17, 15) is 14.4 Å². The summed E-state index contributed by atoms with van der Waals surface area (Å²) >= 11 is 0. The standard InChI is InChI=1S/C31H55N3O6/c1-6-9-12-14-16-18-29(36)38-25-27(40-30(37)19-17-15-13-10-7-2)24-34-23-26(32-33-34)20-21-28(35)31(4,5)39-22-11-8-3/h23,27H,6-22,24-25H2,1-5H3. The molecule has 0 saturated heterocycles. The molecule has 40 heavy (non-hydrogen) atoms. The first-order valence-corrected chi connectivity index (χ1v) is 15.6. The Labute approximate surface area is 242 Å². The molecule has 0 N–H and O–H groups in total. The molecular weight excluding hydrogens is 510 g/mol. The monoisotopic (exact) mass is 565 g/mol. The molecule has 0 aromatic carbocycles. The second-order valence-electron chi connectivity index (χ2n) is 11.2. The predicted molar refractivity (Wildman–Crippen MR) is 156 cm³/mol. The molecule has 0 amide bonds. The van der Waals surface area contributed by atoms with E-state index < -0.39 is 11.7 Å². The van der Waals surface area contributed by atoms with Crippen LogP contribution in [0.4, 0.5) is 0 Å². The topological polar surface area (TPSA) is 110 Å². The quantitative estimate of drug-likeness (QED) is 0.0969. The number of nitrogens with zero attached hydrogens (tertiary/aromatic N) is 3. The number of ether oxygens (including phenoxy) is 3. The third kappa shape index (κ3) is 16.7. The summed E-state index contributed by atoms with van der Waals surface area (Å²) in [4.78, 5) is 37.4. The van der Waals surface area contributed by atoms with Crippen LogP contribution in [0, 0.1) is 0 Å². The van der Waals surface area contributed by atoms with Crippen LogP contribution in [-0.2, 0) is 41.6 Å². The number of unbranched alkanes of at least 4 members (excludes halogenated alkanes) is 9. The van der Waals surface area contributed by atoms with Gasteiger partial charge in [0.05, 0.1) is 12.2 Å². The Kier molecular flexibility index (Phi) is 19.2. The van der Waals surface area contributed by atoms with E-state index in [1.165, 1.54) is 6.42 Å². The van der Waals surface area contributed by atoms with Crippen LogP contribution >= 0.6 is 0 Å². The smallest absolute Gasteiger partial charge is 0.306 e. The molecular formula is C31H55N3O6. The number of Topliss-reactive ketones (excluding diaryl/α,β-unsaturated/α-hetero) is 1. The fourth-order valence-electron chi connectivity index (χ4n) is 4.22. The largest absolute Gasteiger partial charge is 0.462 e. The van der Waals surface area contributed by atoms with Gasteiger partial charge in [-0.2, -0.15) is 0 Å². The number of carbonyl (C=O) groups excluding carboxylic acids is 3. The summed E-state index contributed by atoms with van der Waals surface area (Å²) in [6.07, 6.45) is 14.9. The first kappa shape index (κ1) is 35.7. The van der Waals surface area contributed by atoms with Gasteiger partial charge in [0.25, 0.3) is 0 Å². The van der Waals surface area contributed by atoms with E-state index in [4.69, 9.17) is 14.2 Å². The van der Waals surface area contributed by atoms with Gasteiger partial charge in [0.15, 0.2) is 11.9 Å². The van der Waals surface area contributed by atoms with Gasteiger partial charge in [-0.05, 0) is 33.1 Å². The zero-order valence-electron chi connectivity index (χ0n) is 25.9. The van der Waals surface area contributed by atoms with Crippen molar-refractivity contribution in [2.24, 2.45) is 0 Å². The molecule has 0 saturated carbocycles. The maximum absolute atomic E-state index is 12.7. The minimum atomic E-state index is -0.832. The highest BCUT2D eigenvalue weighted by Gasteiger charge is 2.28. The van der Waals surface area contributed by atoms with Crippen molar-refractivity contribution in [3.05, 3.63) is 11.9 Å². The second kappa shape index (κ2) is 21.5. The van der Waals surface area contributed by atoms with Gasteiger partial charge in [0.2, 0.25) is 0 Å². The molecule has 1 rings (SSSR count). The van der Waals surface area contributed by atoms with Crippen LogP contribution in [0.2, 0.25) is 0 Å².